The quantitative estimate of drug-likeness (QED) is 0.506. The lowest BCUT2D eigenvalue weighted by Gasteiger charge is -2.14. The average Bonchev–Trinajstić information content (AvgIpc) is 3.11. The van der Waals surface area contributed by atoms with Crippen LogP contribution in [-0.2, 0) is 4.79 Å². The van der Waals surface area contributed by atoms with E-state index < -0.39 is 0 Å². The third-order valence-corrected chi connectivity index (χ3v) is 5.35. The van der Waals surface area contributed by atoms with Gasteiger partial charge in [-0.1, -0.05) is 36.4 Å². The number of carbonyl (C=O) groups excluding carboxylic acids is 1. The second kappa shape index (κ2) is 7.21. The Morgan fingerprint density at radius 2 is 1.78 bits per heavy atom. The van der Waals surface area contributed by atoms with Gasteiger partial charge in [0.1, 0.15) is 10.8 Å². The fourth-order valence-electron chi connectivity index (χ4n) is 3.08. The van der Waals surface area contributed by atoms with Crippen molar-refractivity contribution < 1.29 is 9.53 Å². The van der Waals surface area contributed by atoms with E-state index in [2.05, 4.69) is 11.4 Å². The van der Waals surface area contributed by atoms with E-state index in [4.69, 9.17) is 9.72 Å². The maximum Gasteiger partial charge on any atom is 0.221 e. The fraction of sp³-hybridized carbons (Fsp3) is 0.0909. The molecule has 1 aromatic heterocycles. The van der Waals surface area contributed by atoms with Crippen LogP contribution in [0.3, 0.4) is 0 Å². The summed E-state index contributed by atoms with van der Waals surface area (Å²) in [6, 6.07) is 21.8. The van der Waals surface area contributed by atoms with Gasteiger partial charge in [0, 0.05) is 23.7 Å². The van der Waals surface area contributed by atoms with Gasteiger partial charge in [0.25, 0.3) is 0 Å². The molecule has 0 atom stereocenters. The van der Waals surface area contributed by atoms with Crippen LogP contribution in [0.15, 0.2) is 66.7 Å². The lowest BCUT2D eigenvalue weighted by molar-refractivity contribution is -0.114. The van der Waals surface area contributed by atoms with Crippen LogP contribution in [0.5, 0.6) is 5.75 Å². The number of anilines is 1. The zero-order valence-corrected chi connectivity index (χ0v) is 15.8. The van der Waals surface area contributed by atoms with E-state index in [-0.39, 0.29) is 5.91 Å². The van der Waals surface area contributed by atoms with Crippen LogP contribution in [0.25, 0.3) is 31.9 Å². The van der Waals surface area contributed by atoms with E-state index in [9.17, 15) is 4.79 Å². The minimum atomic E-state index is -0.105. The number of nitrogens with one attached hydrogen (secondary N) is 1. The number of nitrogens with zero attached hydrogens (tertiary/aromatic N) is 1. The van der Waals surface area contributed by atoms with E-state index in [1.54, 1.807) is 18.4 Å². The topological polar surface area (TPSA) is 51.2 Å². The highest BCUT2D eigenvalue weighted by atomic mass is 32.1. The SMILES string of the molecule is COc1ccc(-c2c(NC(C)=O)cccc2-c2nc3ccccc3s2)cc1. The highest BCUT2D eigenvalue weighted by molar-refractivity contribution is 7.21. The van der Waals surface area contributed by atoms with Crippen LogP contribution in [0, 0.1) is 0 Å². The van der Waals surface area contributed by atoms with Crippen molar-refractivity contribution in [2.24, 2.45) is 0 Å². The normalized spacial score (nSPS) is 10.7. The summed E-state index contributed by atoms with van der Waals surface area (Å²) in [6.07, 6.45) is 0. The fourth-order valence-corrected chi connectivity index (χ4v) is 4.08. The summed E-state index contributed by atoms with van der Waals surface area (Å²) in [4.78, 5) is 16.5. The number of hydrogen-bond donors (Lipinski definition) is 1. The first-order valence-corrected chi connectivity index (χ1v) is 9.38. The Labute approximate surface area is 161 Å². The van der Waals surface area contributed by atoms with Gasteiger partial charge in [0.05, 0.1) is 17.3 Å². The molecule has 1 amide bonds. The van der Waals surface area contributed by atoms with Crippen LogP contribution in [0.1, 0.15) is 6.92 Å². The molecule has 3 aromatic carbocycles. The van der Waals surface area contributed by atoms with E-state index in [1.807, 2.05) is 60.7 Å². The molecule has 0 fully saturated rings. The first-order valence-electron chi connectivity index (χ1n) is 8.56. The molecule has 4 rings (SSSR count). The summed E-state index contributed by atoms with van der Waals surface area (Å²) in [5.41, 5.74) is 4.68. The predicted molar refractivity (Wildman–Crippen MR) is 111 cm³/mol. The standard InChI is InChI=1S/C22H18N2O2S/c1-14(25)23-19-8-5-6-17(21(19)15-10-12-16(26-2)13-11-15)22-24-18-7-3-4-9-20(18)27-22/h3-13H,1-2H3,(H,23,25). The van der Waals surface area contributed by atoms with Crippen molar-refractivity contribution in [1.29, 1.82) is 0 Å². The molecule has 0 saturated carbocycles. The van der Waals surface area contributed by atoms with Gasteiger partial charge in [0.2, 0.25) is 5.91 Å². The summed E-state index contributed by atoms with van der Waals surface area (Å²) in [6.45, 7) is 1.52. The predicted octanol–water partition coefficient (Wildman–Crippen LogP) is 5.60. The van der Waals surface area contributed by atoms with Crippen molar-refractivity contribution in [3.8, 4) is 27.4 Å². The Balaban J connectivity index is 1.93. The van der Waals surface area contributed by atoms with E-state index >= 15 is 0 Å². The number of carbonyl (C=O) groups is 1. The molecule has 1 N–H and O–H groups in total. The Morgan fingerprint density at radius 3 is 2.48 bits per heavy atom. The van der Waals surface area contributed by atoms with Crippen molar-refractivity contribution in [2.75, 3.05) is 12.4 Å². The molecule has 0 aliphatic rings. The third-order valence-electron chi connectivity index (χ3n) is 4.28. The van der Waals surface area contributed by atoms with Crippen molar-refractivity contribution in [1.82, 2.24) is 4.98 Å². The van der Waals surface area contributed by atoms with Crippen LogP contribution in [0.2, 0.25) is 0 Å². The molecule has 4 nitrogen and oxygen atoms in total. The van der Waals surface area contributed by atoms with E-state index in [0.717, 1.165) is 43.4 Å². The van der Waals surface area contributed by atoms with Gasteiger partial charge in [-0.25, -0.2) is 4.98 Å². The van der Waals surface area contributed by atoms with Crippen LogP contribution >= 0.6 is 11.3 Å². The van der Waals surface area contributed by atoms with Crippen LogP contribution in [0.4, 0.5) is 5.69 Å². The smallest absolute Gasteiger partial charge is 0.221 e. The minimum Gasteiger partial charge on any atom is -0.497 e. The number of aromatic nitrogens is 1. The summed E-state index contributed by atoms with van der Waals surface area (Å²) < 4.78 is 6.41. The van der Waals surface area contributed by atoms with Gasteiger partial charge in [-0.2, -0.15) is 0 Å². The lowest BCUT2D eigenvalue weighted by atomic mass is 9.97. The monoisotopic (exact) mass is 374 g/mol. The van der Waals surface area contributed by atoms with Gasteiger partial charge in [0.15, 0.2) is 0 Å². The molecule has 4 aromatic rings. The number of rotatable bonds is 4. The second-order valence-electron chi connectivity index (χ2n) is 6.12. The Bertz CT molecular complexity index is 1080. The number of fused-ring (bicyclic) bond motifs is 1. The molecule has 0 aliphatic heterocycles. The van der Waals surface area contributed by atoms with Crippen molar-refractivity contribution in [2.45, 2.75) is 6.92 Å². The number of amides is 1. The van der Waals surface area contributed by atoms with Gasteiger partial charge >= 0.3 is 0 Å². The number of thiazole rings is 1. The molecule has 0 radical (unpaired) electrons. The van der Waals surface area contributed by atoms with Crippen molar-refractivity contribution in [3.05, 3.63) is 66.7 Å². The second-order valence-corrected chi connectivity index (χ2v) is 7.16. The average molecular weight is 374 g/mol. The van der Waals surface area contributed by atoms with Crippen molar-refractivity contribution in [3.63, 3.8) is 0 Å². The first-order chi connectivity index (χ1) is 13.2. The molecule has 5 heteroatoms. The van der Waals surface area contributed by atoms with Gasteiger partial charge in [-0.3, -0.25) is 4.79 Å². The zero-order chi connectivity index (χ0) is 18.8. The Hall–Kier alpha value is -3.18. The highest BCUT2D eigenvalue weighted by Crippen LogP contribution is 2.41. The van der Waals surface area contributed by atoms with Gasteiger partial charge < -0.3 is 10.1 Å². The molecule has 1 heterocycles. The number of benzene rings is 3. The number of methoxy groups -OCH3 is 1. The molecule has 134 valence electrons. The van der Waals surface area contributed by atoms with E-state index in [0.29, 0.717) is 0 Å². The zero-order valence-electron chi connectivity index (χ0n) is 15.0. The number of hydrogen-bond acceptors (Lipinski definition) is 4. The number of ether oxygens (including phenoxy) is 1. The molecule has 0 spiro atoms. The van der Waals surface area contributed by atoms with Gasteiger partial charge in [-0.15, -0.1) is 11.3 Å². The molecule has 0 saturated heterocycles. The molecular formula is C22H18N2O2S. The maximum absolute atomic E-state index is 11.7. The molecule has 0 aliphatic carbocycles. The molecule has 0 bridgehead atoms. The Morgan fingerprint density at radius 1 is 1.00 bits per heavy atom. The molecule has 27 heavy (non-hydrogen) atoms. The van der Waals surface area contributed by atoms with Gasteiger partial charge in [-0.05, 0) is 35.9 Å². The van der Waals surface area contributed by atoms with Crippen molar-refractivity contribution >= 4 is 33.1 Å². The van der Waals surface area contributed by atoms with E-state index in [1.165, 1.54) is 6.92 Å². The minimum absolute atomic E-state index is 0.105. The summed E-state index contributed by atoms with van der Waals surface area (Å²) >= 11 is 1.65. The summed E-state index contributed by atoms with van der Waals surface area (Å²) in [7, 11) is 1.65. The first kappa shape index (κ1) is 17.2. The number of para-hydroxylation sites is 1. The molecule has 0 unspecified atom stereocenters. The van der Waals surface area contributed by atoms with Crippen LogP contribution in [-0.4, -0.2) is 18.0 Å². The molecular weight excluding hydrogens is 356 g/mol. The third kappa shape index (κ3) is 3.41. The lowest BCUT2D eigenvalue weighted by Crippen LogP contribution is -2.07. The Kier molecular flexibility index (Phi) is 4.60. The summed E-state index contributed by atoms with van der Waals surface area (Å²) in [5.74, 6) is 0.684. The highest BCUT2D eigenvalue weighted by Gasteiger charge is 2.16. The largest absolute Gasteiger partial charge is 0.497 e. The van der Waals surface area contributed by atoms with Crippen LogP contribution < -0.4 is 10.1 Å². The maximum atomic E-state index is 11.7. The summed E-state index contributed by atoms with van der Waals surface area (Å²) in [5, 5.41) is 3.88.